The molecule has 0 aliphatic carbocycles. The highest BCUT2D eigenvalue weighted by atomic mass is 28.4. The first-order valence-corrected chi connectivity index (χ1v) is 15.0. The zero-order valence-electron chi connectivity index (χ0n) is 21.1. The number of hydrogen-bond acceptors (Lipinski definition) is 3. The summed E-state index contributed by atoms with van der Waals surface area (Å²) < 4.78 is 38.5. The fourth-order valence-electron chi connectivity index (χ4n) is 1.62. The lowest BCUT2D eigenvalue weighted by molar-refractivity contribution is 0.343. The fourth-order valence-corrected chi connectivity index (χ4v) is 3.54. The topological polar surface area (TPSA) is 38.7 Å². The van der Waals surface area contributed by atoms with Crippen molar-refractivity contribution in [3.63, 3.8) is 0 Å². The quantitative estimate of drug-likeness (QED) is 0.560. The van der Waals surface area contributed by atoms with Crippen molar-refractivity contribution in [2.45, 2.75) is 77.8 Å². The highest BCUT2D eigenvalue weighted by Crippen LogP contribution is 2.43. The van der Waals surface area contributed by atoms with E-state index in [1.54, 1.807) is 0 Å². The molecule has 0 aliphatic rings. The Balaban J connectivity index is 3.76. The van der Waals surface area contributed by atoms with Crippen LogP contribution in [0.2, 0.25) is 36.3 Å². The Morgan fingerprint density at radius 3 is 1.88 bits per heavy atom. The highest BCUT2D eigenvalue weighted by molar-refractivity contribution is 6.75. The van der Waals surface area contributed by atoms with E-state index in [9.17, 15) is 0 Å². The molecular formula is C21H38O3Si2. The van der Waals surface area contributed by atoms with Gasteiger partial charge in [0.25, 0.3) is 16.6 Å². The average Bonchev–Trinajstić information content (AvgIpc) is 2.51. The zero-order valence-corrected chi connectivity index (χ0v) is 20.1. The molecule has 0 amide bonds. The molecule has 0 saturated heterocycles. The van der Waals surface area contributed by atoms with Gasteiger partial charge in [-0.05, 0) is 53.9 Å². The highest BCUT2D eigenvalue weighted by Gasteiger charge is 2.42. The van der Waals surface area contributed by atoms with Crippen molar-refractivity contribution in [3.05, 3.63) is 29.8 Å². The Morgan fingerprint density at radius 2 is 1.46 bits per heavy atom. The van der Waals surface area contributed by atoms with E-state index >= 15 is 0 Å². The van der Waals surface area contributed by atoms with Crippen molar-refractivity contribution >= 4 is 22.7 Å². The number of aliphatic hydroxyl groups is 1. The van der Waals surface area contributed by atoms with Gasteiger partial charge in [-0.15, -0.1) is 0 Å². The van der Waals surface area contributed by atoms with Crippen molar-refractivity contribution in [1.82, 2.24) is 0 Å². The normalized spacial score (nSPS) is 16.0. The first-order valence-electron chi connectivity index (χ1n) is 10.7. The van der Waals surface area contributed by atoms with Crippen LogP contribution in [0, 0.1) is 0 Å². The van der Waals surface area contributed by atoms with Gasteiger partial charge >= 0.3 is 0 Å². The maximum absolute atomic E-state index is 9.17. The van der Waals surface area contributed by atoms with E-state index in [-0.39, 0.29) is 46.1 Å². The molecule has 26 heavy (non-hydrogen) atoms. The molecule has 1 aromatic carbocycles. The number of rotatable bonds is 6. The lowest BCUT2D eigenvalue weighted by Gasteiger charge is -2.39. The number of benzene rings is 1. The molecule has 148 valence electrons. The Hall–Kier alpha value is -1.05. The van der Waals surface area contributed by atoms with Crippen molar-refractivity contribution < 1.29 is 18.1 Å². The average molecular weight is 398 g/mol. The second-order valence-electron chi connectivity index (χ2n) is 9.74. The second kappa shape index (κ2) is 7.91. The molecule has 0 unspecified atom stereocenters. The Morgan fingerprint density at radius 1 is 1.00 bits per heavy atom. The minimum atomic E-state index is -2.33. The summed E-state index contributed by atoms with van der Waals surface area (Å²) in [5.41, 5.74) is 0.264. The molecule has 0 aliphatic heterocycles. The molecule has 0 aromatic heterocycles. The molecule has 0 heterocycles. The zero-order chi connectivity index (χ0) is 23.0. The fraction of sp³-hybridized carbons (Fsp3) is 0.619. The van der Waals surface area contributed by atoms with Crippen LogP contribution in [-0.4, -0.2) is 28.3 Å². The van der Waals surface area contributed by atoms with E-state index in [1.165, 1.54) is 12.1 Å². The van der Waals surface area contributed by atoms with E-state index in [4.69, 9.17) is 18.1 Å². The predicted molar refractivity (Wildman–Crippen MR) is 118 cm³/mol. The lowest BCUT2D eigenvalue weighted by Crippen LogP contribution is -2.45. The van der Waals surface area contributed by atoms with Crippen LogP contribution in [0.5, 0.6) is 11.5 Å². The summed E-state index contributed by atoms with van der Waals surface area (Å²) in [6, 6.07) is 1.61. The second-order valence-corrected chi connectivity index (χ2v) is 19.2. The molecule has 1 N–H and O–H groups in total. The van der Waals surface area contributed by atoms with Gasteiger partial charge in [0.1, 0.15) is 11.5 Å². The first-order chi connectivity index (χ1) is 12.9. The molecule has 0 radical (unpaired) electrons. The van der Waals surface area contributed by atoms with Gasteiger partial charge in [-0.25, -0.2) is 0 Å². The van der Waals surface area contributed by atoms with Crippen LogP contribution in [0.4, 0.5) is 0 Å². The van der Waals surface area contributed by atoms with Crippen molar-refractivity contribution in [2.75, 3.05) is 6.61 Å². The maximum Gasteiger partial charge on any atom is 0.250 e. The van der Waals surface area contributed by atoms with Gasteiger partial charge in [-0.3, -0.25) is 0 Å². The van der Waals surface area contributed by atoms with Crippen molar-refractivity contribution in [2.24, 2.45) is 0 Å². The van der Waals surface area contributed by atoms with Gasteiger partial charge in [0.15, 0.2) is 0 Å². The van der Waals surface area contributed by atoms with Crippen LogP contribution in [0.3, 0.4) is 0 Å². The summed E-state index contributed by atoms with van der Waals surface area (Å²) in [5, 5.41) is 8.99. The summed E-state index contributed by atoms with van der Waals surface area (Å²) in [7, 11) is -4.61. The van der Waals surface area contributed by atoms with Crippen LogP contribution in [0.1, 0.15) is 51.2 Å². The Labute approximate surface area is 166 Å². The number of hydrogen-bond donors (Lipinski definition) is 1. The van der Waals surface area contributed by atoms with E-state index in [0.717, 1.165) is 0 Å². The number of aliphatic hydroxyl groups excluding tert-OH is 1. The molecule has 0 atom stereocenters. The van der Waals surface area contributed by atoms with E-state index < -0.39 is 16.6 Å². The van der Waals surface area contributed by atoms with E-state index in [0.29, 0.717) is 5.75 Å². The molecule has 0 fully saturated rings. The van der Waals surface area contributed by atoms with Crippen LogP contribution < -0.4 is 8.85 Å². The van der Waals surface area contributed by atoms with Gasteiger partial charge in [0.05, 0.1) is 10.7 Å². The summed E-state index contributed by atoms with van der Waals surface area (Å²) in [6.07, 6.45) is 1.32. The molecule has 0 bridgehead atoms. The molecule has 1 rings (SSSR count). The summed E-state index contributed by atoms with van der Waals surface area (Å²) >= 11 is 0. The molecule has 5 heteroatoms. The van der Waals surface area contributed by atoms with Crippen LogP contribution in [-0.2, 0) is 0 Å². The molecule has 1 aromatic rings. The third kappa shape index (κ3) is 5.73. The maximum atomic E-state index is 9.17. The van der Waals surface area contributed by atoms with Gasteiger partial charge in [-0.1, -0.05) is 59.7 Å². The van der Waals surface area contributed by atoms with Gasteiger partial charge in [-0.2, -0.15) is 0 Å². The predicted octanol–water partition coefficient (Wildman–Crippen LogP) is 6.46. The van der Waals surface area contributed by atoms with E-state index in [2.05, 4.69) is 67.7 Å². The Bertz CT molecular complexity index is 777. The van der Waals surface area contributed by atoms with E-state index in [1.807, 2.05) is 0 Å². The van der Waals surface area contributed by atoms with Crippen LogP contribution in [0.25, 0.3) is 6.05 Å². The van der Waals surface area contributed by atoms with Gasteiger partial charge in [0, 0.05) is 0 Å². The SMILES string of the molecule is [2H]/C(=C\CO)c1cc([2H])c(O[Si](C)(C)C(C)(C)C)c(O[Si](C)(C)C(C)(C)C)c1[2H]. The lowest BCUT2D eigenvalue weighted by atomic mass is 10.2. The summed E-state index contributed by atoms with van der Waals surface area (Å²) in [5.74, 6) is 0.548. The smallest absolute Gasteiger partial charge is 0.250 e. The van der Waals surface area contributed by atoms with Crippen LogP contribution >= 0.6 is 0 Å². The van der Waals surface area contributed by atoms with Crippen molar-refractivity contribution in [1.29, 1.82) is 0 Å². The third-order valence-electron chi connectivity index (χ3n) is 5.48. The van der Waals surface area contributed by atoms with Crippen LogP contribution in [0.15, 0.2) is 24.2 Å². The van der Waals surface area contributed by atoms with Gasteiger partial charge in [0.2, 0.25) is 0 Å². The molecular weight excluding hydrogens is 356 g/mol. The summed E-state index contributed by atoms with van der Waals surface area (Å²) in [4.78, 5) is 0. The van der Waals surface area contributed by atoms with Crippen molar-refractivity contribution in [3.8, 4) is 11.5 Å². The Kier molecular flexibility index (Phi) is 5.57. The first kappa shape index (κ1) is 18.3. The minimum Gasteiger partial charge on any atom is -0.541 e. The third-order valence-corrected chi connectivity index (χ3v) is 14.1. The van der Waals surface area contributed by atoms with Gasteiger partial charge < -0.3 is 14.0 Å². The molecule has 0 saturated carbocycles. The minimum absolute atomic E-state index is 0.00459. The standard InChI is InChI=1S/C21H38O3Si2/c1-20(2,3)25(7,8)23-18-14-13-17(12-11-15-22)16-19(18)24-26(9,10)21(4,5)6/h11-14,16,22H,15H2,1-10H3/b12-11+/i12D,14D,16D. The largest absolute Gasteiger partial charge is 0.541 e. The monoisotopic (exact) mass is 397 g/mol. The summed E-state index contributed by atoms with van der Waals surface area (Å²) in [6.45, 7) is 20.8. The molecule has 3 nitrogen and oxygen atoms in total. The molecule has 0 spiro atoms.